The lowest BCUT2D eigenvalue weighted by atomic mass is 9.63. The second-order valence-electron chi connectivity index (χ2n) is 10.8. The van der Waals surface area contributed by atoms with Crippen molar-refractivity contribution in [1.82, 2.24) is 9.79 Å². The summed E-state index contributed by atoms with van der Waals surface area (Å²) in [6, 6.07) is 11.8. The van der Waals surface area contributed by atoms with E-state index in [9.17, 15) is 18.4 Å². The molecule has 0 fully saturated rings. The van der Waals surface area contributed by atoms with Gasteiger partial charge in [0.05, 0.1) is 43.7 Å². The number of nitrogens with zero attached hydrogens (tertiary/aromatic N) is 2. The van der Waals surface area contributed by atoms with E-state index in [2.05, 4.69) is 9.71 Å². The summed E-state index contributed by atoms with van der Waals surface area (Å²) in [6.45, 7) is 6.48. The van der Waals surface area contributed by atoms with Gasteiger partial charge in [0, 0.05) is 42.4 Å². The third-order valence-corrected chi connectivity index (χ3v) is 9.22. The van der Waals surface area contributed by atoms with Crippen LogP contribution < -0.4 is 9.46 Å². The van der Waals surface area contributed by atoms with E-state index in [-0.39, 0.29) is 24.0 Å². The van der Waals surface area contributed by atoms with Crippen LogP contribution in [0.25, 0.3) is 0 Å². The number of nitrogens with one attached hydrogen (secondary N) is 1. The van der Waals surface area contributed by atoms with Gasteiger partial charge in [-0.2, -0.15) is 0 Å². The Morgan fingerprint density at radius 2 is 1.93 bits per heavy atom. The Morgan fingerprint density at radius 1 is 1.16 bits per heavy atom. The second-order valence-corrected chi connectivity index (χ2v) is 12.5. The molecule has 2 aliphatic heterocycles. The predicted octanol–water partition coefficient (Wildman–Crippen LogP) is 4.61. The second kappa shape index (κ2) is 12.3. The number of benzene rings is 2. The van der Waals surface area contributed by atoms with Crippen molar-refractivity contribution in [3.63, 3.8) is 0 Å². The van der Waals surface area contributed by atoms with Crippen LogP contribution in [-0.2, 0) is 36.5 Å². The molecule has 2 aromatic rings. The zero-order chi connectivity index (χ0) is 30.8. The molecular formula is C32H36N3O7S-. The van der Waals surface area contributed by atoms with Crippen LogP contribution in [0, 0.1) is 17.5 Å². The van der Waals surface area contributed by atoms with Crippen molar-refractivity contribution in [2.24, 2.45) is 10.4 Å². The molecular weight excluding hydrogens is 570 g/mol. The van der Waals surface area contributed by atoms with E-state index in [1.54, 1.807) is 54.9 Å². The normalized spacial score (nSPS) is 22.5. The van der Waals surface area contributed by atoms with Crippen molar-refractivity contribution < 1.29 is 27.4 Å². The summed E-state index contributed by atoms with van der Waals surface area (Å²) in [5.74, 6) is 0.202. The minimum absolute atomic E-state index is 0.134. The van der Waals surface area contributed by atoms with Crippen molar-refractivity contribution in [2.75, 3.05) is 20.3 Å². The average molecular weight is 607 g/mol. The number of carbonyl (C=O) groups excluding carboxylic acids is 1. The molecule has 0 saturated carbocycles. The molecule has 0 radical (unpaired) electrons. The predicted molar refractivity (Wildman–Crippen MR) is 163 cm³/mol. The van der Waals surface area contributed by atoms with E-state index < -0.39 is 27.4 Å². The van der Waals surface area contributed by atoms with Crippen LogP contribution in [0.3, 0.4) is 0 Å². The van der Waals surface area contributed by atoms with Gasteiger partial charge in [0.1, 0.15) is 5.75 Å². The summed E-state index contributed by atoms with van der Waals surface area (Å²) >= 11 is 0. The summed E-state index contributed by atoms with van der Waals surface area (Å²) < 4.78 is 45.0. The highest BCUT2D eigenvalue weighted by molar-refractivity contribution is 7.89. The number of carbonyl (C=O) groups is 1. The third-order valence-electron chi connectivity index (χ3n) is 7.97. The van der Waals surface area contributed by atoms with Crippen molar-refractivity contribution in [3.05, 3.63) is 105 Å². The molecule has 3 unspecified atom stereocenters. The molecule has 1 amide bonds. The quantitative estimate of drug-likeness (QED) is 0.393. The van der Waals surface area contributed by atoms with Gasteiger partial charge < -0.3 is 24.5 Å². The van der Waals surface area contributed by atoms with Crippen molar-refractivity contribution in [1.29, 1.82) is 0 Å². The van der Waals surface area contributed by atoms with E-state index in [4.69, 9.17) is 14.2 Å². The van der Waals surface area contributed by atoms with Gasteiger partial charge in [-0.1, -0.05) is 36.4 Å². The Bertz CT molecular complexity index is 1630. The summed E-state index contributed by atoms with van der Waals surface area (Å²) in [6.07, 6.45) is 7.64. The molecule has 0 saturated heterocycles. The first-order chi connectivity index (χ1) is 20.6. The van der Waals surface area contributed by atoms with Gasteiger partial charge in [-0.15, -0.1) is 0 Å². The number of hydrogen-bond acceptors (Lipinski definition) is 9. The number of para-hydroxylation sites is 1. The first-order valence-corrected chi connectivity index (χ1v) is 15.9. The fourth-order valence-corrected chi connectivity index (χ4v) is 7.38. The molecule has 1 aliphatic carbocycles. The first-order valence-electron chi connectivity index (χ1n) is 14.3. The molecule has 5 rings (SSSR count). The first kappa shape index (κ1) is 30.4. The Labute approximate surface area is 252 Å². The maximum Gasteiger partial charge on any atom is 0.239 e. The number of aryl methyl sites for hydroxylation is 1. The molecule has 1 N–H and O–H groups in total. The van der Waals surface area contributed by atoms with Crippen LogP contribution in [0.2, 0.25) is 0 Å². The highest BCUT2D eigenvalue weighted by Gasteiger charge is 2.52. The van der Waals surface area contributed by atoms with Crippen molar-refractivity contribution >= 4 is 22.1 Å². The standard InChI is InChI=1S/C32H36N3O7S/c1-5-41-25-16-27(31-32(17-25)20-33-18-24(32)15-30(35(31)37)42-6-2)26-12-11-22(13-21(26)3)19-43(38,39)34-29(36)14-23-9-7-8-10-28(23)40-4/h7-13,15,17-18,20,27,31H,5-6,14,16,19H2,1-4H3,(H,34,36)/q-1. The minimum Gasteiger partial charge on any atom is -0.756 e. The van der Waals surface area contributed by atoms with Crippen molar-refractivity contribution in [3.8, 4) is 5.75 Å². The van der Waals surface area contributed by atoms with Crippen LogP contribution in [-0.4, -0.2) is 52.0 Å². The molecule has 3 atom stereocenters. The average Bonchev–Trinajstić information content (AvgIpc) is 3.34. The Morgan fingerprint density at radius 3 is 2.65 bits per heavy atom. The van der Waals surface area contributed by atoms with Crippen LogP contribution in [0.15, 0.2) is 83.0 Å². The van der Waals surface area contributed by atoms with Crippen LogP contribution in [0.5, 0.6) is 5.75 Å². The van der Waals surface area contributed by atoms with Gasteiger partial charge in [-0.05, 0) is 55.2 Å². The fraction of sp³-hybridized carbons (Fsp3) is 0.375. The van der Waals surface area contributed by atoms with Gasteiger partial charge in [-0.3, -0.25) is 14.5 Å². The molecule has 2 heterocycles. The maximum absolute atomic E-state index is 13.8. The molecule has 10 nitrogen and oxygen atoms in total. The highest BCUT2D eigenvalue weighted by Crippen LogP contribution is 2.54. The van der Waals surface area contributed by atoms with Gasteiger partial charge in [-0.25, -0.2) is 8.42 Å². The van der Waals surface area contributed by atoms with E-state index in [0.717, 1.165) is 27.5 Å². The topological polar surface area (TPSA) is 130 Å². The lowest BCUT2D eigenvalue weighted by molar-refractivity contribution is -0.118. The number of ether oxygens (including phenoxy) is 3. The smallest absolute Gasteiger partial charge is 0.239 e. The van der Waals surface area contributed by atoms with Gasteiger partial charge >= 0.3 is 0 Å². The molecule has 3 aliphatic rings. The van der Waals surface area contributed by atoms with Crippen molar-refractivity contribution in [2.45, 2.75) is 51.3 Å². The van der Waals surface area contributed by atoms with E-state index in [0.29, 0.717) is 36.5 Å². The Hall–Kier alpha value is -4.09. The molecule has 0 aromatic heterocycles. The SMILES string of the molecule is CCOC1=CC23C=NC=C2C=C(OCC)N([O-])C3C(c2ccc(CS(=O)(=O)NC(=O)Cc3ccccc3OC)cc2C)C1. The summed E-state index contributed by atoms with van der Waals surface area (Å²) in [5.41, 5.74) is 2.91. The maximum atomic E-state index is 13.8. The molecule has 43 heavy (non-hydrogen) atoms. The monoisotopic (exact) mass is 606 g/mol. The Balaban J connectivity index is 1.39. The number of sulfonamides is 1. The molecule has 11 heteroatoms. The lowest BCUT2D eigenvalue weighted by Crippen LogP contribution is -2.54. The number of hydroxylamine groups is 2. The highest BCUT2D eigenvalue weighted by atomic mass is 32.2. The Kier molecular flexibility index (Phi) is 8.66. The molecule has 228 valence electrons. The number of methoxy groups -OCH3 is 1. The molecule has 2 aromatic carbocycles. The zero-order valence-electron chi connectivity index (χ0n) is 24.7. The van der Waals surface area contributed by atoms with Gasteiger partial charge in [0.2, 0.25) is 15.9 Å². The van der Waals surface area contributed by atoms with Gasteiger partial charge in [0.15, 0.2) is 5.88 Å². The fourth-order valence-electron chi connectivity index (χ4n) is 6.27. The summed E-state index contributed by atoms with van der Waals surface area (Å²) in [5, 5.41) is 14.8. The number of amides is 1. The minimum atomic E-state index is -3.97. The zero-order valence-corrected chi connectivity index (χ0v) is 25.5. The van der Waals surface area contributed by atoms with Crippen LogP contribution >= 0.6 is 0 Å². The van der Waals surface area contributed by atoms with Crippen LogP contribution in [0.1, 0.15) is 48.4 Å². The largest absolute Gasteiger partial charge is 0.756 e. The summed E-state index contributed by atoms with van der Waals surface area (Å²) in [4.78, 5) is 17.0. The number of hydrogen-bond donors (Lipinski definition) is 1. The molecule has 1 spiro atoms. The van der Waals surface area contributed by atoms with E-state index in [1.807, 2.05) is 32.9 Å². The van der Waals surface area contributed by atoms with E-state index >= 15 is 0 Å². The lowest BCUT2D eigenvalue weighted by Gasteiger charge is -2.55. The molecule has 0 bridgehead atoms. The number of aliphatic imine (C=N–C) groups is 1. The summed E-state index contributed by atoms with van der Waals surface area (Å²) in [7, 11) is -2.48. The third kappa shape index (κ3) is 6.05. The van der Waals surface area contributed by atoms with E-state index in [1.165, 1.54) is 7.11 Å². The van der Waals surface area contributed by atoms with Gasteiger partial charge in [0.25, 0.3) is 0 Å². The number of allylic oxidation sites excluding steroid dienone is 2. The number of rotatable bonds is 11. The van der Waals surface area contributed by atoms with Crippen LogP contribution in [0.4, 0.5) is 0 Å².